The molecule has 0 spiro atoms. The van der Waals surface area contributed by atoms with Gasteiger partial charge in [0.25, 0.3) is 0 Å². The zero-order valence-electron chi connectivity index (χ0n) is 17.9. The minimum Gasteiger partial charge on any atom is -0.342 e. The first-order chi connectivity index (χ1) is 14.5. The number of hydrogen-bond donors (Lipinski definition) is 0. The van der Waals surface area contributed by atoms with Gasteiger partial charge in [-0.1, -0.05) is 24.3 Å². The molecule has 2 fully saturated rings. The van der Waals surface area contributed by atoms with Gasteiger partial charge in [0, 0.05) is 52.7 Å². The zero-order valence-corrected chi connectivity index (χ0v) is 17.9. The number of hydrogen-bond acceptors (Lipinski definition) is 4. The van der Waals surface area contributed by atoms with E-state index in [-0.39, 0.29) is 23.8 Å². The number of likely N-dealkylation sites (tertiary alicyclic amines) is 1. The van der Waals surface area contributed by atoms with Crippen molar-refractivity contribution in [3.63, 3.8) is 0 Å². The first-order valence-electron chi connectivity index (χ1n) is 11.2. The smallest absolute Gasteiger partial charge is 0.236 e. The van der Waals surface area contributed by atoms with Crippen LogP contribution in [0.2, 0.25) is 0 Å². The number of fused-ring (bicyclic) bond motifs is 1. The average Bonchev–Trinajstić information content (AvgIpc) is 3.29. The van der Waals surface area contributed by atoms with Crippen molar-refractivity contribution in [3.05, 3.63) is 35.4 Å². The summed E-state index contributed by atoms with van der Waals surface area (Å²) in [6.07, 6.45) is 3.37. The van der Waals surface area contributed by atoms with Crippen LogP contribution in [-0.4, -0.2) is 89.7 Å². The Morgan fingerprint density at radius 3 is 2.23 bits per heavy atom. The lowest BCUT2D eigenvalue weighted by Crippen LogP contribution is -2.52. The summed E-state index contributed by atoms with van der Waals surface area (Å²) in [7, 11) is 0. The molecule has 1 unspecified atom stereocenters. The number of rotatable bonds is 4. The maximum absolute atomic E-state index is 13.1. The second-order valence-electron chi connectivity index (χ2n) is 8.63. The van der Waals surface area contributed by atoms with E-state index in [1.165, 1.54) is 5.56 Å². The lowest BCUT2D eigenvalue weighted by atomic mass is 9.90. The van der Waals surface area contributed by atoms with Gasteiger partial charge in [0.2, 0.25) is 17.7 Å². The van der Waals surface area contributed by atoms with E-state index in [1.54, 1.807) is 6.92 Å². The van der Waals surface area contributed by atoms with Crippen molar-refractivity contribution in [2.45, 2.75) is 38.6 Å². The highest BCUT2D eigenvalue weighted by molar-refractivity contribution is 5.80. The molecule has 2 saturated heterocycles. The van der Waals surface area contributed by atoms with Gasteiger partial charge in [-0.05, 0) is 30.4 Å². The quantitative estimate of drug-likeness (QED) is 0.748. The van der Waals surface area contributed by atoms with Crippen LogP contribution in [0.25, 0.3) is 0 Å². The van der Waals surface area contributed by atoms with Crippen LogP contribution in [0.5, 0.6) is 0 Å². The van der Waals surface area contributed by atoms with Gasteiger partial charge in [-0.25, -0.2) is 0 Å². The highest BCUT2D eigenvalue weighted by atomic mass is 16.2. The average molecular weight is 413 g/mol. The standard InChI is InChI=1S/C23H32N4O3/c1-18(28)27-11-8-19-6-2-3-7-20(19)21(27)16-22(29)26-14-12-24(13-15-26)17-23(30)25-9-4-5-10-25/h2-3,6-7,21H,4-5,8-17H2,1H3. The predicted molar refractivity (Wildman–Crippen MR) is 114 cm³/mol. The number of carbonyl (C=O) groups is 3. The van der Waals surface area contributed by atoms with Gasteiger partial charge < -0.3 is 14.7 Å². The van der Waals surface area contributed by atoms with E-state index in [0.29, 0.717) is 32.6 Å². The Labute approximate surface area is 178 Å². The molecule has 0 N–H and O–H groups in total. The first kappa shape index (κ1) is 20.8. The molecule has 0 saturated carbocycles. The van der Waals surface area contributed by atoms with Gasteiger partial charge in [-0.15, -0.1) is 0 Å². The number of benzene rings is 1. The third-order valence-electron chi connectivity index (χ3n) is 6.73. The fourth-order valence-corrected chi connectivity index (χ4v) is 4.96. The van der Waals surface area contributed by atoms with Gasteiger partial charge in [0.1, 0.15) is 0 Å². The maximum atomic E-state index is 13.1. The van der Waals surface area contributed by atoms with Crippen molar-refractivity contribution in [1.82, 2.24) is 19.6 Å². The highest BCUT2D eigenvalue weighted by Gasteiger charge is 2.33. The number of nitrogens with zero attached hydrogens (tertiary/aromatic N) is 4. The Hall–Kier alpha value is -2.41. The molecule has 1 atom stereocenters. The Kier molecular flexibility index (Phi) is 6.37. The number of piperazine rings is 1. The lowest BCUT2D eigenvalue weighted by molar-refractivity contribution is -0.138. The molecule has 3 heterocycles. The largest absolute Gasteiger partial charge is 0.342 e. The molecular weight excluding hydrogens is 380 g/mol. The topological polar surface area (TPSA) is 64.2 Å². The van der Waals surface area contributed by atoms with Crippen molar-refractivity contribution in [2.75, 3.05) is 52.4 Å². The first-order valence-corrected chi connectivity index (χ1v) is 11.2. The van der Waals surface area contributed by atoms with Gasteiger partial charge >= 0.3 is 0 Å². The zero-order chi connectivity index (χ0) is 21.1. The molecule has 0 aromatic heterocycles. The Morgan fingerprint density at radius 1 is 0.867 bits per heavy atom. The van der Waals surface area contributed by atoms with E-state index in [9.17, 15) is 14.4 Å². The van der Waals surface area contributed by atoms with Crippen LogP contribution in [-0.2, 0) is 20.8 Å². The van der Waals surface area contributed by atoms with E-state index in [2.05, 4.69) is 11.0 Å². The molecule has 162 valence electrons. The molecule has 7 heteroatoms. The van der Waals surface area contributed by atoms with E-state index < -0.39 is 0 Å². The van der Waals surface area contributed by atoms with E-state index in [4.69, 9.17) is 0 Å². The predicted octanol–water partition coefficient (Wildman–Crippen LogP) is 1.29. The molecule has 0 bridgehead atoms. The molecule has 3 aliphatic heterocycles. The molecule has 0 radical (unpaired) electrons. The molecule has 3 amide bonds. The Morgan fingerprint density at radius 2 is 1.53 bits per heavy atom. The van der Waals surface area contributed by atoms with Gasteiger partial charge in [0.15, 0.2) is 0 Å². The van der Waals surface area contributed by atoms with Crippen LogP contribution in [0.1, 0.15) is 43.4 Å². The second kappa shape index (κ2) is 9.16. The maximum Gasteiger partial charge on any atom is 0.236 e. The summed E-state index contributed by atoms with van der Waals surface area (Å²) in [5.74, 6) is 0.323. The van der Waals surface area contributed by atoms with Gasteiger partial charge in [-0.3, -0.25) is 19.3 Å². The molecular formula is C23H32N4O3. The summed E-state index contributed by atoms with van der Waals surface area (Å²) in [6, 6.07) is 7.96. The van der Waals surface area contributed by atoms with Crippen LogP contribution >= 0.6 is 0 Å². The van der Waals surface area contributed by atoms with Crippen molar-refractivity contribution in [2.24, 2.45) is 0 Å². The molecule has 4 rings (SSSR count). The van der Waals surface area contributed by atoms with Crippen LogP contribution < -0.4 is 0 Å². The highest BCUT2D eigenvalue weighted by Crippen LogP contribution is 2.32. The molecule has 1 aromatic rings. The molecule has 3 aliphatic rings. The summed E-state index contributed by atoms with van der Waals surface area (Å²) >= 11 is 0. The Balaban J connectivity index is 1.34. The van der Waals surface area contributed by atoms with Crippen molar-refractivity contribution < 1.29 is 14.4 Å². The van der Waals surface area contributed by atoms with E-state index >= 15 is 0 Å². The third kappa shape index (κ3) is 4.51. The second-order valence-corrected chi connectivity index (χ2v) is 8.63. The summed E-state index contributed by atoms with van der Waals surface area (Å²) in [5, 5.41) is 0. The normalized spacial score (nSPS) is 22.2. The molecule has 30 heavy (non-hydrogen) atoms. The van der Waals surface area contributed by atoms with Gasteiger partial charge in [-0.2, -0.15) is 0 Å². The van der Waals surface area contributed by atoms with Crippen molar-refractivity contribution >= 4 is 17.7 Å². The SMILES string of the molecule is CC(=O)N1CCc2ccccc2C1CC(=O)N1CCN(CC(=O)N2CCCC2)CC1. The lowest BCUT2D eigenvalue weighted by Gasteiger charge is -2.39. The van der Waals surface area contributed by atoms with Crippen molar-refractivity contribution in [3.8, 4) is 0 Å². The van der Waals surface area contributed by atoms with Crippen LogP contribution in [0.3, 0.4) is 0 Å². The summed E-state index contributed by atoms with van der Waals surface area (Å²) in [6.45, 7) is 7.20. The monoisotopic (exact) mass is 412 g/mol. The van der Waals surface area contributed by atoms with Crippen LogP contribution in [0, 0.1) is 0 Å². The molecule has 7 nitrogen and oxygen atoms in total. The van der Waals surface area contributed by atoms with E-state index in [0.717, 1.165) is 51.0 Å². The van der Waals surface area contributed by atoms with Crippen LogP contribution in [0.4, 0.5) is 0 Å². The van der Waals surface area contributed by atoms with Crippen LogP contribution in [0.15, 0.2) is 24.3 Å². The third-order valence-corrected chi connectivity index (χ3v) is 6.73. The summed E-state index contributed by atoms with van der Waals surface area (Å²) in [5.41, 5.74) is 2.33. The fraction of sp³-hybridized carbons (Fsp3) is 0.609. The summed E-state index contributed by atoms with van der Waals surface area (Å²) in [4.78, 5) is 45.5. The fourth-order valence-electron chi connectivity index (χ4n) is 4.96. The molecule has 0 aliphatic carbocycles. The van der Waals surface area contributed by atoms with Gasteiger partial charge in [0.05, 0.1) is 19.0 Å². The summed E-state index contributed by atoms with van der Waals surface area (Å²) < 4.78 is 0. The number of carbonyl (C=O) groups excluding carboxylic acids is 3. The minimum absolute atomic E-state index is 0.0209. The Bertz CT molecular complexity index is 797. The molecule has 1 aromatic carbocycles. The van der Waals surface area contributed by atoms with Crippen molar-refractivity contribution in [1.29, 1.82) is 0 Å². The minimum atomic E-state index is -0.185. The van der Waals surface area contributed by atoms with E-state index in [1.807, 2.05) is 32.9 Å². The number of amides is 3.